The number of benzene rings is 1. The maximum Gasteiger partial charge on any atom is 0.215 e. The van der Waals surface area contributed by atoms with E-state index in [4.69, 9.17) is 10.00 Å². The predicted octanol–water partition coefficient (Wildman–Crippen LogP) is 1.18. The third kappa shape index (κ3) is 2.23. The number of carbonyl (C=O) groups is 1. The van der Waals surface area contributed by atoms with Crippen molar-refractivity contribution in [1.82, 2.24) is 0 Å². The lowest BCUT2D eigenvalue weighted by molar-refractivity contribution is -0.107. The summed E-state index contributed by atoms with van der Waals surface area (Å²) in [4.78, 5) is 11.9. The molecular weight excluding hydrogens is 180 g/mol. The molecule has 14 heavy (non-hydrogen) atoms. The van der Waals surface area contributed by atoms with E-state index >= 15 is 0 Å². The fourth-order valence-electron chi connectivity index (χ4n) is 1.04. The van der Waals surface area contributed by atoms with E-state index in [9.17, 15) is 4.79 Å². The topological polar surface area (TPSA) is 53.3 Å². The van der Waals surface area contributed by atoms with Crippen LogP contribution in [0.15, 0.2) is 24.3 Å². The first-order valence-electron chi connectivity index (χ1n) is 4.04. The third-order valence-corrected chi connectivity index (χ3v) is 1.77. The Morgan fingerprint density at radius 3 is 2.57 bits per heavy atom. The van der Waals surface area contributed by atoms with Gasteiger partial charge in [0.2, 0.25) is 6.41 Å². The van der Waals surface area contributed by atoms with Crippen LogP contribution in [0, 0.1) is 11.3 Å². The van der Waals surface area contributed by atoms with Crippen molar-refractivity contribution in [3.05, 3.63) is 24.3 Å². The number of amides is 1. The Hall–Kier alpha value is -2.02. The summed E-state index contributed by atoms with van der Waals surface area (Å²) in [5.74, 6) is 0.719. The Morgan fingerprint density at radius 2 is 2.14 bits per heavy atom. The molecule has 0 heterocycles. The summed E-state index contributed by atoms with van der Waals surface area (Å²) in [5.41, 5.74) is 0.683. The zero-order valence-corrected chi connectivity index (χ0v) is 7.80. The molecule has 0 unspecified atom stereocenters. The highest BCUT2D eigenvalue weighted by Crippen LogP contribution is 2.17. The molecule has 0 atom stereocenters. The molecule has 0 aliphatic rings. The fourth-order valence-corrected chi connectivity index (χ4v) is 1.04. The molecule has 1 rings (SSSR count). The summed E-state index contributed by atoms with van der Waals surface area (Å²) in [6, 6.07) is 8.84. The second-order valence-corrected chi connectivity index (χ2v) is 2.59. The first-order valence-corrected chi connectivity index (χ1v) is 4.04. The summed E-state index contributed by atoms with van der Waals surface area (Å²) in [5, 5.41) is 8.45. The summed E-state index contributed by atoms with van der Waals surface area (Å²) >= 11 is 0. The van der Waals surface area contributed by atoms with Crippen LogP contribution >= 0.6 is 0 Å². The molecule has 4 nitrogen and oxygen atoms in total. The van der Waals surface area contributed by atoms with Gasteiger partial charge in [-0.15, -0.1) is 0 Å². The second-order valence-electron chi connectivity index (χ2n) is 2.59. The molecule has 0 bridgehead atoms. The molecule has 72 valence electrons. The summed E-state index contributed by atoms with van der Waals surface area (Å²) < 4.78 is 4.97. The number of carbonyl (C=O) groups excluding carboxylic acids is 1. The van der Waals surface area contributed by atoms with Crippen LogP contribution in [0.5, 0.6) is 5.75 Å². The maximum atomic E-state index is 10.6. The number of hydrogen-bond acceptors (Lipinski definition) is 3. The molecule has 0 N–H and O–H groups in total. The lowest BCUT2D eigenvalue weighted by atomic mass is 10.3. The minimum absolute atomic E-state index is 0.0514. The van der Waals surface area contributed by atoms with Gasteiger partial charge in [0.1, 0.15) is 12.3 Å². The van der Waals surface area contributed by atoms with E-state index in [-0.39, 0.29) is 6.54 Å². The molecule has 0 spiro atoms. The van der Waals surface area contributed by atoms with Gasteiger partial charge in [-0.1, -0.05) is 0 Å². The number of nitriles is 1. The van der Waals surface area contributed by atoms with Crippen LogP contribution in [0.4, 0.5) is 5.69 Å². The highest BCUT2D eigenvalue weighted by Gasteiger charge is 2.03. The average molecular weight is 190 g/mol. The summed E-state index contributed by atoms with van der Waals surface area (Å²) in [7, 11) is 1.57. The number of ether oxygens (including phenoxy) is 1. The first kappa shape index (κ1) is 10.1. The SMILES string of the molecule is COc1ccc(N(C=O)CC#N)cc1. The van der Waals surface area contributed by atoms with Gasteiger partial charge < -0.3 is 9.64 Å². The standard InChI is InChI=1S/C10H10N2O2/c1-14-10-4-2-9(3-5-10)12(8-13)7-6-11/h2-5,8H,7H2,1H3. The molecule has 0 aliphatic carbocycles. The molecule has 0 saturated carbocycles. The second kappa shape index (κ2) is 4.87. The summed E-state index contributed by atoms with van der Waals surface area (Å²) in [6.07, 6.45) is 0.630. The Bertz CT molecular complexity index is 340. The van der Waals surface area contributed by atoms with Crippen molar-refractivity contribution < 1.29 is 9.53 Å². The zero-order chi connectivity index (χ0) is 10.4. The van der Waals surface area contributed by atoms with Gasteiger partial charge in [0.05, 0.1) is 13.2 Å². The van der Waals surface area contributed by atoms with E-state index in [1.54, 1.807) is 31.4 Å². The van der Waals surface area contributed by atoms with E-state index in [0.717, 1.165) is 5.75 Å². The van der Waals surface area contributed by atoms with Gasteiger partial charge in [-0.25, -0.2) is 0 Å². The predicted molar refractivity (Wildman–Crippen MR) is 52.0 cm³/mol. The van der Waals surface area contributed by atoms with Crippen LogP contribution < -0.4 is 9.64 Å². The number of anilines is 1. The Kier molecular flexibility index (Phi) is 3.50. The Morgan fingerprint density at radius 1 is 1.50 bits per heavy atom. The third-order valence-electron chi connectivity index (χ3n) is 1.77. The molecule has 0 fully saturated rings. The highest BCUT2D eigenvalue weighted by atomic mass is 16.5. The largest absolute Gasteiger partial charge is 0.497 e. The van der Waals surface area contributed by atoms with Gasteiger partial charge in [0.15, 0.2) is 0 Å². The van der Waals surface area contributed by atoms with Crippen molar-refractivity contribution in [3.63, 3.8) is 0 Å². The molecule has 0 radical (unpaired) electrons. The number of rotatable bonds is 4. The average Bonchev–Trinajstić information content (AvgIpc) is 2.26. The molecule has 1 aromatic carbocycles. The monoisotopic (exact) mass is 190 g/mol. The zero-order valence-electron chi connectivity index (χ0n) is 7.80. The van der Waals surface area contributed by atoms with Crippen LogP contribution in [-0.2, 0) is 4.79 Å². The quantitative estimate of drug-likeness (QED) is 0.529. The van der Waals surface area contributed by atoms with E-state index in [1.165, 1.54) is 4.90 Å². The van der Waals surface area contributed by atoms with E-state index in [0.29, 0.717) is 12.1 Å². The van der Waals surface area contributed by atoms with Crippen LogP contribution in [0.1, 0.15) is 0 Å². The van der Waals surface area contributed by atoms with E-state index in [2.05, 4.69) is 0 Å². The number of hydrogen-bond donors (Lipinski definition) is 0. The van der Waals surface area contributed by atoms with Crippen molar-refractivity contribution in [2.24, 2.45) is 0 Å². The van der Waals surface area contributed by atoms with Gasteiger partial charge in [-0.05, 0) is 24.3 Å². The van der Waals surface area contributed by atoms with Gasteiger partial charge in [0, 0.05) is 5.69 Å². The smallest absolute Gasteiger partial charge is 0.215 e. The van der Waals surface area contributed by atoms with Crippen LogP contribution in [-0.4, -0.2) is 20.1 Å². The van der Waals surface area contributed by atoms with E-state index < -0.39 is 0 Å². The number of nitrogens with zero attached hydrogens (tertiary/aromatic N) is 2. The van der Waals surface area contributed by atoms with Crippen molar-refractivity contribution in [2.45, 2.75) is 0 Å². The van der Waals surface area contributed by atoms with Crippen molar-refractivity contribution in [1.29, 1.82) is 5.26 Å². The van der Waals surface area contributed by atoms with Crippen molar-refractivity contribution >= 4 is 12.1 Å². The van der Waals surface area contributed by atoms with Crippen molar-refractivity contribution in [3.8, 4) is 11.8 Å². The van der Waals surface area contributed by atoms with Crippen molar-refractivity contribution in [2.75, 3.05) is 18.6 Å². The first-order chi connectivity index (χ1) is 6.81. The van der Waals surface area contributed by atoms with E-state index in [1.807, 2.05) is 6.07 Å². The molecule has 1 amide bonds. The van der Waals surface area contributed by atoms with Gasteiger partial charge >= 0.3 is 0 Å². The molecule has 0 aliphatic heterocycles. The van der Waals surface area contributed by atoms with Crippen LogP contribution in [0.2, 0.25) is 0 Å². The van der Waals surface area contributed by atoms with Gasteiger partial charge in [-0.2, -0.15) is 5.26 Å². The lowest BCUT2D eigenvalue weighted by Crippen LogP contribution is -2.20. The fraction of sp³-hybridized carbons (Fsp3) is 0.200. The van der Waals surface area contributed by atoms with Gasteiger partial charge in [-0.3, -0.25) is 4.79 Å². The molecule has 0 aromatic heterocycles. The highest BCUT2D eigenvalue weighted by molar-refractivity contribution is 5.75. The molecular formula is C10H10N2O2. The summed E-state index contributed by atoms with van der Waals surface area (Å²) in [6.45, 7) is 0.0514. The normalized spacial score (nSPS) is 8.86. The lowest BCUT2D eigenvalue weighted by Gasteiger charge is -2.13. The number of methoxy groups -OCH3 is 1. The van der Waals surface area contributed by atoms with Crippen LogP contribution in [0.3, 0.4) is 0 Å². The minimum atomic E-state index is 0.0514. The molecule has 4 heteroatoms. The minimum Gasteiger partial charge on any atom is -0.497 e. The Labute approximate surface area is 82.3 Å². The molecule has 0 saturated heterocycles. The van der Waals surface area contributed by atoms with Crippen LogP contribution in [0.25, 0.3) is 0 Å². The Balaban J connectivity index is 2.84. The van der Waals surface area contributed by atoms with Gasteiger partial charge in [0.25, 0.3) is 0 Å². The molecule has 1 aromatic rings. The maximum absolute atomic E-state index is 10.6.